The molecule has 5 amide bonds. The molecule has 10 nitrogen and oxygen atoms in total. The Hall–Kier alpha value is -3.35. The van der Waals surface area contributed by atoms with Crippen LogP contribution in [0.25, 0.3) is 0 Å². The van der Waals surface area contributed by atoms with Crippen molar-refractivity contribution in [3.05, 3.63) is 12.7 Å². The second-order valence-electron chi connectivity index (χ2n) is 12.8. The van der Waals surface area contributed by atoms with Crippen LogP contribution in [0.15, 0.2) is 12.7 Å². The molecule has 0 aromatic rings. The molecule has 3 atom stereocenters. The molecule has 2 aliphatic carbocycles. The zero-order valence-electron chi connectivity index (χ0n) is 26.1. The molecular weight excluding hydrogens is 546 g/mol. The van der Waals surface area contributed by atoms with Crippen LogP contribution in [0.3, 0.4) is 0 Å². The van der Waals surface area contributed by atoms with Gasteiger partial charge in [-0.2, -0.15) is 0 Å². The van der Waals surface area contributed by atoms with E-state index in [1.54, 1.807) is 4.90 Å². The number of hydrogen-bond acceptors (Lipinski definition) is 5. The smallest absolute Gasteiger partial charge is 0.315 e. The summed E-state index contributed by atoms with van der Waals surface area (Å²) >= 11 is 0. The van der Waals surface area contributed by atoms with Crippen LogP contribution in [0.1, 0.15) is 110 Å². The lowest BCUT2D eigenvalue weighted by atomic mass is 9.70. The van der Waals surface area contributed by atoms with Crippen LogP contribution >= 0.6 is 0 Å². The minimum Gasteiger partial charge on any atom is -0.346 e. The summed E-state index contributed by atoms with van der Waals surface area (Å²) in [4.78, 5) is 68.1. The van der Waals surface area contributed by atoms with Crippen molar-refractivity contribution in [2.75, 3.05) is 13.1 Å². The molecule has 3 fully saturated rings. The van der Waals surface area contributed by atoms with E-state index in [-0.39, 0.29) is 36.9 Å². The molecule has 1 unspecified atom stereocenters. The van der Waals surface area contributed by atoms with Gasteiger partial charge in [-0.3, -0.25) is 19.2 Å². The molecule has 3 rings (SSSR count). The van der Waals surface area contributed by atoms with Gasteiger partial charge in [0.25, 0.3) is 5.91 Å². The lowest BCUT2D eigenvalue weighted by molar-refractivity contribution is -0.144. The zero-order valence-corrected chi connectivity index (χ0v) is 26.1. The van der Waals surface area contributed by atoms with Crippen LogP contribution in [-0.4, -0.2) is 71.2 Å². The Bertz CT molecular complexity index is 1070. The van der Waals surface area contributed by atoms with Crippen molar-refractivity contribution in [2.45, 2.75) is 134 Å². The van der Waals surface area contributed by atoms with E-state index in [9.17, 15) is 24.0 Å². The van der Waals surface area contributed by atoms with Crippen molar-refractivity contribution in [3.63, 3.8) is 0 Å². The predicted molar refractivity (Wildman–Crippen MR) is 166 cm³/mol. The van der Waals surface area contributed by atoms with Crippen molar-refractivity contribution < 1.29 is 24.0 Å². The largest absolute Gasteiger partial charge is 0.346 e. The SMILES string of the molecule is C#CCCC(NC(=O)[C@@H]1CCCN1C(=O)[C@@H](NC(=O)NC1(CC)CCCCC1)C1(C)CCCCC1)C(=O)C(=O)NCC=C. The zero-order chi connectivity index (χ0) is 31.5. The number of carbonyl (C=O) groups is 5. The summed E-state index contributed by atoms with van der Waals surface area (Å²) in [6.07, 6.45) is 18.8. The van der Waals surface area contributed by atoms with E-state index in [4.69, 9.17) is 6.42 Å². The first-order valence-electron chi connectivity index (χ1n) is 16.2. The molecule has 4 N–H and O–H groups in total. The molecule has 238 valence electrons. The molecule has 0 radical (unpaired) electrons. The van der Waals surface area contributed by atoms with Gasteiger partial charge in [0, 0.05) is 25.0 Å². The highest BCUT2D eigenvalue weighted by Crippen LogP contribution is 2.40. The number of hydrogen-bond donors (Lipinski definition) is 4. The van der Waals surface area contributed by atoms with Gasteiger partial charge in [-0.05, 0) is 56.8 Å². The van der Waals surface area contributed by atoms with E-state index in [1.165, 1.54) is 6.08 Å². The van der Waals surface area contributed by atoms with Gasteiger partial charge in [0.05, 0.1) is 6.04 Å². The third-order valence-corrected chi connectivity index (χ3v) is 9.76. The summed E-state index contributed by atoms with van der Waals surface area (Å²) < 4.78 is 0. The average molecular weight is 598 g/mol. The highest BCUT2D eigenvalue weighted by atomic mass is 16.2. The lowest BCUT2D eigenvalue weighted by Gasteiger charge is -2.43. The molecule has 1 aliphatic heterocycles. The molecule has 43 heavy (non-hydrogen) atoms. The minimum atomic E-state index is -1.11. The van der Waals surface area contributed by atoms with Gasteiger partial charge in [0.15, 0.2) is 0 Å². The number of nitrogens with zero attached hydrogens (tertiary/aromatic N) is 1. The Balaban J connectivity index is 1.79. The molecule has 0 bridgehead atoms. The third-order valence-electron chi connectivity index (χ3n) is 9.76. The quantitative estimate of drug-likeness (QED) is 0.146. The lowest BCUT2D eigenvalue weighted by Crippen LogP contribution is -2.63. The maximum absolute atomic E-state index is 14.3. The summed E-state index contributed by atoms with van der Waals surface area (Å²) in [5, 5.41) is 11.5. The van der Waals surface area contributed by atoms with Crippen LogP contribution in [0.5, 0.6) is 0 Å². The summed E-state index contributed by atoms with van der Waals surface area (Å²) in [6.45, 7) is 8.17. The summed E-state index contributed by atoms with van der Waals surface area (Å²) in [7, 11) is 0. The summed E-state index contributed by atoms with van der Waals surface area (Å²) in [6, 6.07) is -3.05. The normalized spacial score (nSPS) is 22.3. The fraction of sp³-hybridized carbons (Fsp3) is 0.727. The van der Waals surface area contributed by atoms with Crippen LogP contribution in [0.2, 0.25) is 0 Å². The second kappa shape index (κ2) is 15.9. The Morgan fingerprint density at radius 3 is 2.26 bits per heavy atom. The highest BCUT2D eigenvalue weighted by molar-refractivity contribution is 6.38. The number of terminal acetylenes is 1. The van der Waals surface area contributed by atoms with Gasteiger partial charge in [-0.15, -0.1) is 18.9 Å². The number of rotatable bonds is 13. The number of urea groups is 1. The number of ketones is 1. The molecule has 3 aliphatic rings. The van der Waals surface area contributed by atoms with E-state index in [0.29, 0.717) is 19.4 Å². The molecule has 0 aromatic heterocycles. The van der Waals surface area contributed by atoms with E-state index in [2.05, 4.69) is 47.6 Å². The summed E-state index contributed by atoms with van der Waals surface area (Å²) in [5.41, 5.74) is -0.714. The maximum Gasteiger partial charge on any atom is 0.315 e. The standard InChI is InChI=1S/C33H51N5O5/c1-5-8-16-24(26(39)29(41)34-22-6-2)35-28(40)25-17-15-23-38(25)30(42)27(32(4)18-11-9-12-19-32)36-31(43)37-33(7-3)20-13-10-14-21-33/h1,6,24-25,27H,2,7-23H2,3-4H3,(H,34,41)(H,35,40)(H2,36,37,43)/t24?,25-,27+/m0/s1. The monoisotopic (exact) mass is 597 g/mol. The Morgan fingerprint density at radius 1 is 1.00 bits per heavy atom. The minimum absolute atomic E-state index is 0.102. The molecule has 2 saturated carbocycles. The van der Waals surface area contributed by atoms with Crippen molar-refractivity contribution in [2.24, 2.45) is 5.41 Å². The van der Waals surface area contributed by atoms with Gasteiger partial charge >= 0.3 is 6.03 Å². The number of carbonyl (C=O) groups excluding carboxylic acids is 5. The number of amides is 5. The molecule has 1 saturated heterocycles. The number of likely N-dealkylation sites (tertiary alicyclic amines) is 1. The fourth-order valence-electron chi connectivity index (χ4n) is 7.03. The van der Waals surface area contributed by atoms with E-state index in [1.807, 2.05) is 0 Å². The highest BCUT2D eigenvalue weighted by Gasteiger charge is 2.47. The van der Waals surface area contributed by atoms with Crippen LogP contribution < -0.4 is 21.3 Å². The van der Waals surface area contributed by atoms with Gasteiger partial charge < -0.3 is 26.2 Å². The van der Waals surface area contributed by atoms with Gasteiger partial charge in [0.1, 0.15) is 12.1 Å². The van der Waals surface area contributed by atoms with Crippen molar-refractivity contribution in [1.82, 2.24) is 26.2 Å². The molecule has 1 heterocycles. The van der Waals surface area contributed by atoms with Crippen molar-refractivity contribution >= 4 is 29.5 Å². The number of nitrogens with one attached hydrogen (secondary N) is 4. The Kier molecular flexibility index (Phi) is 12.6. The van der Waals surface area contributed by atoms with E-state index < -0.39 is 41.1 Å². The van der Waals surface area contributed by atoms with Crippen LogP contribution in [0, 0.1) is 17.8 Å². The average Bonchev–Trinajstić information content (AvgIpc) is 3.51. The van der Waals surface area contributed by atoms with Gasteiger partial charge in [0.2, 0.25) is 17.6 Å². The molecule has 0 aromatic carbocycles. The fourth-order valence-corrected chi connectivity index (χ4v) is 7.03. The van der Waals surface area contributed by atoms with Crippen LogP contribution in [0.4, 0.5) is 4.79 Å². The Labute approximate surface area is 256 Å². The van der Waals surface area contributed by atoms with Crippen molar-refractivity contribution in [1.29, 1.82) is 0 Å². The van der Waals surface area contributed by atoms with Crippen molar-refractivity contribution in [3.8, 4) is 12.3 Å². The van der Waals surface area contributed by atoms with E-state index in [0.717, 1.165) is 70.6 Å². The maximum atomic E-state index is 14.3. The summed E-state index contributed by atoms with van der Waals surface area (Å²) in [5.74, 6) is 0.0572. The predicted octanol–water partition coefficient (Wildman–Crippen LogP) is 3.50. The second-order valence-corrected chi connectivity index (χ2v) is 12.8. The number of Topliss-reactive ketones (excluding diaryl/α,β-unsaturated/α-hetero) is 1. The first kappa shape index (κ1) is 34.1. The first-order chi connectivity index (χ1) is 20.6. The topological polar surface area (TPSA) is 137 Å². The van der Waals surface area contributed by atoms with Gasteiger partial charge in [-0.1, -0.05) is 58.4 Å². The van der Waals surface area contributed by atoms with Gasteiger partial charge in [-0.25, -0.2) is 4.79 Å². The van der Waals surface area contributed by atoms with Crippen LogP contribution in [-0.2, 0) is 19.2 Å². The first-order valence-corrected chi connectivity index (χ1v) is 16.2. The third kappa shape index (κ3) is 8.84. The Morgan fingerprint density at radius 2 is 1.65 bits per heavy atom. The molecule has 0 spiro atoms. The molecular formula is C33H51N5O5. The molecule has 10 heteroatoms. The van der Waals surface area contributed by atoms with E-state index >= 15 is 0 Å².